The monoisotopic (exact) mass is 598 g/mol. The van der Waals surface area contributed by atoms with Gasteiger partial charge in [0.1, 0.15) is 5.75 Å². The molecule has 0 saturated heterocycles. The maximum Gasteiger partial charge on any atom is 0.227 e. The first-order chi connectivity index (χ1) is 21.2. The summed E-state index contributed by atoms with van der Waals surface area (Å²) >= 11 is 0. The first-order valence-corrected chi connectivity index (χ1v) is 15.3. The summed E-state index contributed by atoms with van der Waals surface area (Å²) in [6.07, 6.45) is 7.98. The zero-order valence-electron chi connectivity index (χ0n) is 25.8. The molecule has 0 aromatic heterocycles. The number of hydrogen-bond acceptors (Lipinski definition) is 7. The number of carbonyl (C=O) groups is 1. The van der Waals surface area contributed by atoms with E-state index in [1.807, 2.05) is 67.3 Å². The second-order valence-electron chi connectivity index (χ2n) is 11.7. The Labute approximate surface area is 259 Å². The Balaban J connectivity index is 1.36. The third-order valence-electron chi connectivity index (χ3n) is 8.82. The molecular weight excluding hydrogens is 556 g/mol. The lowest BCUT2D eigenvalue weighted by Crippen LogP contribution is -2.38. The number of amides is 1. The van der Waals surface area contributed by atoms with Crippen molar-refractivity contribution in [1.82, 2.24) is 4.90 Å². The smallest absolute Gasteiger partial charge is 0.227 e. The number of benzene rings is 3. The van der Waals surface area contributed by atoms with Crippen LogP contribution in [0.3, 0.4) is 0 Å². The van der Waals surface area contributed by atoms with Crippen molar-refractivity contribution >= 4 is 12.1 Å². The highest BCUT2D eigenvalue weighted by atomic mass is 16.5. The molecule has 0 spiro atoms. The third-order valence-corrected chi connectivity index (χ3v) is 8.82. The summed E-state index contributed by atoms with van der Waals surface area (Å²) in [5, 5.41) is 32.3. The summed E-state index contributed by atoms with van der Waals surface area (Å²) in [5.41, 5.74) is 3.03. The molecule has 44 heavy (non-hydrogen) atoms. The van der Waals surface area contributed by atoms with Crippen LogP contribution in [0.4, 0.5) is 0 Å². The van der Waals surface area contributed by atoms with Crippen molar-refractivity contribution in [1.29, 1.82) is 0 Å². The minimum Gasteiger partial charge on any atom is -0.508 e. The van der Waals surface area contributed by atoms with Crippen LogP contribution in [0.25, 0.3) is 0 Å². The van der Waals surface area contributed by atoms with E-state index in [-0.39, 0.29) is 31.1 Å². The fourth-order valence-electron chi connectivity index (χ4n) is 6.35. The number of allylic oxidation sites excluding steroid dienone is 1. The van der Waals surface area contributed by atoms with Crippen LogP contribution in [0, 0.1) is 0 Å². The molecule has 232 valence electrons. The van der Waals surface area contributed by atoms with Crippen LogP contribution in [0.15, 0.2) is 71.7 Å². The normalized spacial score (nSPS) is 18.6. The molecule has 0 bridgehead atoms. The molecule has 2 aliphatic heterocycles. The van der Waals surface area contributed by atoms with E-state index in [1.165, 1.54) is 11.6 Å². The number of aliphatic imine (C=N–C) groups is 1. The van der Waals surface area contributed by atoms with Crippen LogP contribution in [-0.4, -0.2) is 58.1 Å². The lowest BCUT2D eigenvalue weighted by atomic mass is 9.75. The molecule has 0 radical (unpaired) electrons. The zero-order chi connectivity index (χ0) is 31.3. The average Bonchev–Trinajstić information content (AvgIpc) is 3.49. The van der Waals surface area contributed by atoms with Gasteiger partial charge in [-0.1, -0.05) is 43.3 Å². The van der Waals surface area contributed by atoms with E-state index in [0.29, 0.717) is 55.2 Å². The number of methoxy groups -OCH3 is 1. The predicted octanol–water partition coefficient (Wildman–Crippen LogP) is 5.03. The summed E-state index contributed by atoms with van der Waals surface area (Å²) in [4.78, 5) is 20.1. The molecule has 0 fully saturated rings. The lowest BCUT2D eigenvalue weighted by Gasteiger charge is -2.36. The summed E-state index contributed by atoms with van der Waals surface area (Å²) < 4.78 is 11.3. The Hall–Kier alpha value is -4.14. The largest absolute Gasteiger partial charge is 0.508 e. The number of hydrogen-bond donors (Lipinski definition) is 3. The number of aromatic hydroxyl groups is 1. The first-order valence-electron chi connectivity index (χ1n) is 15.3. The van der Waals surface area contributed by atoms with Crippen molar-refractivity contribution in [2.45, 2.75) is 70.2 Å². The van der Waals surface area contributed by atoms with E-state index in [4.69, 9.17) is 9.47 Å². The third kappa shape index (κ3) is 6.66. The minimum absolute atomic E-state index is 0.0170. The Kier molecular flexibility index (Phi) is 9.42. The fraction of sp³-hybridized carbons (Fsp3) is 0.389. The number of phenols is 1. The van der Waals surface area contributed by atoms with E-state index in [9.17, 15) is 20.1 Å². The van der Waals surface area contributed by atoms with Crippen molar-refractivity contribution in [2.24, 2.45) is 4.99 Å². The maximum atomic E-state index is 13.5. The van der Waals surface area contributed by atoms with Crippen LogP contribution in [0.1, 0.15) is 60.1 Å². The van der Waals surface area contributed by atoms with Gasteiger partial charge in [0.25, 0.3) is 0 Å². The van der Waals surface area contributed by atoms with E-state index < -0.39 is 11.1 Å². The zero-order valence-corrected chi connectivity index (χ0v) is 25.8. The molecule has 5 rings (SSSR count). The summed E-state index contributed by atoms with van der Waals surface area (Å²) in [5.74, 6) is 1.42. The Morgan fingerprint density at radius 2 is 1.86 bits per heavy atom. The van der Waals surface area contributed by atoms with E-state index >= 15 is 0 Å². The van der Waals surface area contributed by atoms with Gasteiger partial charge in [-0.2, -0.15) is 0 Å². The van der Waals surface area contributed by atoms with Gasteiger partial charge >= 0.3 is 0 Å². The molecular formula is C36H42N2O6. The molecule has 2 atom stereocenters. The summed E-state index contributed by atoms with van der Waals surface area (Å²) in [7, 11) is 1.64. The molecule has 2 heterocycles. The van der Waals surface area contributed by atoms with Gasteiger partial charge in [-0.3, -0.25) is 9.79 Å². The van der Waals surface area contributed by atoms with Gasteiger partial charge in [0.15, 0.2) is 11.5 Å². The van der Waals surface area contributed by atoms with Crippen LogP contribution >= 0.6 is 0 Å². The second kappa shape index (κ2) is 13.2. The lowest BCUT2D eigenvalue weighted by molar-refractivity contribution is -0.131. The van der Waals surface area contributed by atoms with Crippen molar-refractivity contribution in [3.63, 3.8) is 0 Å². The Bertz CT molecular complexity index is 1550. The van der Waals surface area contributed by atoms with Crippen molar-refractivity contribution in [3.8, 4) is 17.2 Å². The van der Waals surface area contributed by atoms with E-state index in [1.54, 1.807) is 25.5 Å². The second-order valence-corrected chi connectivity index (χ2v) is 11.7. The van der Waals surface area contributed by atoms with Crippen molar-refractivity contribution in [3.05, 3.63) is 100 Å². The van der Waals surface area contributed by atoms with Crippen LogP contribution in [-0.2, 0) is 42.8 Å². The SMILES string of the molecule is CCOc1cc2c(cc1OC)CCN(C(=O)Cc1cccc(CC(O)(CC3(CC)C=CC=N3)c3ccc(O)c(CO)c3)c1)C2. The predicted molar refractivity (Wildman–Crippen MR) is 170 cm³/mol. The molecule has 8 heteroatoms. The highest BCUT2D eigenvalue weighted by molar-refractivity contribution is 5.79. The quantitative estimate of drug-likeness (QED) is 0.270. The minimum atomic E-state index is -1.35. The van der Waals surface area contributed by atoms with E-state index in [0.717, 1.165) is 23.1 Å². The van der Waals surface area contributed by atoms with Gasteiger partial charge in [-0.05, 0) is 77.9 Å². The van der Waals surface area contributed by atoms with Gasteiger partial charge in [0.05, 0.1) is 37.9 Å². The number of nitrogens with zero attached hydrogens (tertiary/aromatic N) is 2. The molecule has 8 nitrogen and oxygen atoms in total. The number of ether oxygens (including phenoxy) is 2. The summed E-state index contributed by atoms with van der Waals surface area (Å²) in [6.45, 7) is 5.31. The molecule has 2 aliphatic rings. The van der Waals surface area contributed by atoms with E-state index in [2.05, 4.69) is 4.99 Å². The van der Waals surface area contributed by atoms with Crippen LogP contribution in [0.2, 0.25) is 0 Å². The standard InChI is InChI=1S/C36H42N2O6/c1-4-35(13-7-14-37-35)24-36(42,30-10-11-31(40)29(18-30)23-39)21-26-9-6-8-25(16-26)17-34(41)38-15-12-27-19-32(43-3)33(44-5-2)20-28(27)22-38/h6-11,13-14,16,18-20,39-40,42H,4-5,12,15,17,21-24H2,1-3H3. The molecule has 0 aliphatic carbocycles. The topological polar surface area (TPSA) is 112 Å². The number of aliphatic hydroxyl groups excluding tert-OH is 1. The highest BCUT2D eigenvalue weighted by Crippen LogP contribution is 2.40. The number of aliphatic hydroxyl groups is 2. The summed E-state index contributed by atoms with van der Waals surface area (Å²) in [6, 6.07) is 16.7. The molecule has 3 aromatic rings. The average molecular weight is 599 g/mol. The first kappa shape index (κ1) is 31.3. The van der Waals surface area contributed by atoms with Crippen molar-refractivity contribution < 1.29 is 29.6 Å². The molecule has 1 amide bonds. The molecule has 3 aromatic carbocycles. The van der Waals surface area contributed by atoms with Crippen LogP contribution in [0.5, 0.6) is 17.2 Å². The number of carbonyl (C=O) groups excluding carboxylic acids is 1. The van der Waals surface area contributed by atoms with Gasteiger partial charge in [-0.25, -0.2) is 0 Å². The number of fused-ring (bicyclic) bond motifs is 1. The Morgan fingerprint density at radius 3 is 2.57 bits per heavy atom. The maximum absolute atomic E-state index is 13.5. The van der Waals surface area contributed by atoms with Gasteiger partial charge in [0, 0.05) is 37.7 Å². The highest BCUT2D eigenvalue weighted by Gasteiger charge is 2.40. The van der Waals surface area contributed by atoms with Gasteiger partial charge in [0.2, 0.25) is 5.91 Å². The van der Waals surface area contributed by atoms with Crippen LogP contribution < -0.4 is 9.47 Å². The Morgan fingerprint density at radius 1 is 1.07 bits per heavy atom. The molecule has 2 unspecified atom stereocenters. The number of rotatable bonds is 12. The van der Waals surface area contributed by atoms with Gasteiger partial charge in [-0.15, -0.1) is 0 Å². The molecule has 3 N–H and O–H groups in total. The van der Waals surface area contributed by atoms with Gasteiger partial charge < -0.3 is 29.7 Å². The fourth-order valence-corrected chi connectivity index (χ4v) is 6.35. The molecule has 0 saturated carbocycles. The van der Waals surface area contributed by atoms with Crippen molar-refractivity contribution in [2.75, 3.05) is 20.3 Å².